The van der Waals surface area contributed by atoms with Gasteiger partial charge in [-0.05, 0) is 49.8 Å². The van der Waals surface area contributed by atoms with E-state index in [4.69, 9.17) is 4.74 Å². The zero-order valence-electron chi connectivity index (χ0n) is 13.8. The van der Waals surface area contributed by atoms with Gasteiger partial charge in [0.15, 0.2) is 0 Å². The maximum Gasteiger partial charge on any atom is 0.338 e. The molecule has 0 radical (unpaired) electrons. The van der Waals surface area contributed by atoms with Crippen LogP contribution in [-0.4, -0.2) is 18.1 Å². The molecule has 0 saturated heterocycles. The van der Waals surface area contributed by atoms with Crippen LogP contribution in [0.25, 0.3) is 0 Å². The molecule has 2 aliphatic rings. The third kappa shape index (κ3) is 3.48. The predicted octanol–water partition coefficient (Wildman–Crippen LogP) is 3.81. The Morgan fingerprint density at radius 1 is 1.25 bits per heavy atom. The lowest BCUT2D eigenvalue weighted by atomic mass is 9.95. The number of hydrogen-bond donors (Lipinski definition) is 2. The Bertz CT molecular complexity index is 684. The lowest BCUT2D eigenvalue weighted by molar-refractivity contribution is -0.146. The highest BCUT2D eigenvalue weighted by Crippen LogP contribution is 2.32. The summed E-state index contributed by atoms with van der Waals surface area (Å²) in [6.07, 6.45) is 3.03. The Kier molecular flexibility index (Phi) is 4.94. The Labute approximate surface area is 150 Å². The van der Waals surface area contributed by atoms with Crippen LogP contribution in [0.3, 0.4) is 0 Å². The number of halogens is 1. The van der Waals surface area contributed by atoms with Crippen LogP contribution in [0.15, 0.2) is 40.0 Å². The molecule has 3 rings (SSSR count). The molecule has 2 amide bonds. The van der Waals surface area contributed by atoms with Crippen LogP contribution in [0.5, 0.6) is 0 Å². The van der Waals surface area contributed by atoms with Crippen molar-refractivity contribution in [3.8, 4) is 0 Å². The van der Waals surface area contributed by atoms with Crippen LogP contribution in [0.4, 0.5) is 4.79 Å². The number of esters is 1. The molecular weight excluding hydrogens is 372 g/mol. The van der Waals surface area contributed by atoms with Crippen molar-refractivity contribution in [2.24, 2.45) is 5.92 Å². The quantitative estimate of drug-likeness (QED) is 0.768. The van der Waals surface area contributed by atoms with E-state index in [-0.39, 0.29) is 18.1 Å². The highest BCUT2D eigenvalue weighted by atomic mass is 79.9. The molecule has 128 valence electrons. The SMILES string of the molecule is CC1=C(C(=O)O[C@@H]2CCC[C@@H]2C)[C@H](c2ccc(Br)cc2)NC(=O)N1. The summed E-state index contributed by atoms with van der Waals surface area (Å²) in [4.78, 5) is 24.7. The molecule has 0 bridgehead atoms. The van der Waals surface area contributed by atoms with E-state index in [1.54, 1.807) is 6.92 Å². The molecule has 1 saturated carbocycles. The first-order valence-electron chi connectivity index (χ1n) is 8.20. The van der Waals surface area contributed by atoms with Gasteiger partial charge >= 0.3 is 12.0 Å². The van der Waals surface area contributed by atoms with E-state index >= 15 is 0 Å². The maximum absolute atomic E-state index is 12.8. The summed E-state index contributed by atoms with van der Waals surface area (Å²) in [5.74, 6) is 0.0267. The third-order valence-corrected chi connectivity index (χ3v) is 5.26. The van der Waals surface area contributed by atoms with Crippen LogP contribution in [0, 0.1) is 5.92 Å². The Morgan fingerprint density at radius 2 is 1.96 bits per heavy atom. The van der Waals surface area contributed by atoms with E-state index in [9.17, 15) is 9.59 Å². The number of hydrogen-bond acceptors (Lipinski definition) is 3. The van der Waals surface area contributed by atoms with Crippen LogP contribution in [0.1, 0.15) is 44.7 Å². The lowest BCUT2D eigenvalue weighted by Crippen LogP contribution is -2.45. The number of carbonyl (C=O) groups excluding carboxylic acids is 2. The third-order valence-electron chi connectivity index (χ3n) is 4.73. The van der Waals surface area contributed by atoms with Crippen molar-refractivity contribution in [3.63, 3.8) is 0 Å². The number of nitrogens with one attached hydrogen (secondary N) is 2. The zero-order chi connectivity index (χ0) is 17.3. The second-order valence-corrected chi connectivity index (χ2v) is 7.39. The molecule has 1 heterocycles. The van der Waals surface area contributed by atoms with E-state index < -0.39 is 6.04 Å². The zero-order valence-corrected chi connectivity index (χ0v) is 15.4. The molecule has 6 heteroatoms. The molecule has 1 fully saturated rings. The number of ether oxygens (including phenoxy) is 1. The monoisotopic (exact) mass is 392 g/mol. The topological polar surface area (TPSA) is 67.4 Å². The maximum atomic E-state index is 12.8. The van der Waals surface area contributed by atoms with Crippen LogP contribution >= 0.6 is 15.9 Å². The lowest BCUT2D eigenvalue weighted by Gasteiger charge is -2.29. The molecule has 2 N–H and O–H groups in total. The molecule has 0 unspecified atom stereocenters. The van der Waals surface area contributed by atoms with Crippen molar-refractivity contribution < 1.29 is 14.3 Å². The molecule has 0 spiro atoms. The van der Waals surface area contributed by atoms with Gasteiger partial charge in [-0.25, -0.2) is 9.59 Å². The second kappa shape index (κ2) is 6.97. The minimum absolute atomic E-state index is 0.0407. The average Bonchev–Trinajstić information content (AvgIpc) is 2.92. The summed E-state index contributed by atoms with van der Waals surface area (Å²) in [6.45, 7) is 3.85. The first kappa shape index (κ1) is 17.0. The van der Waals surface area contributed by atoms with E-state index in [2.05, 4.69) is 33.5 Å². The fourth-order valence-electron chi connectivity index (χ4n) is 3.36. The van der Waals surface area contributed by atoms with Gasteiger partial charge < -0.3 is 15.4 Å². The standard InChI is InChI=1S/C18H21BrN2O3/c1-10-4-3-5-14(10)24-17(22)15-11(2)20-18(23)21-16(15)12-6-8-13(19)9-7-12/h6-10,14,16H,3-5H2,1-2H3,(H2,20,21,23)/t10-,14+,16-/m0/s1. The first-order chi connectivity index (χ1) is 11.5. The van der Waals surface area contributed by atoms with Crippen molar-refractivity contribution in [2.75, 3.05) is 0 Å². The Hall–Kier alpha value is -1.82. The normalized spacial score (nSPS) is 26.8. The van der Waals surface area contributed by atoms with Gasteiger partial charge in [0.1, 0.15) is 6.10 Å². The highest BCUT2D eigenvalue weighted by molar-refractivity contribution is 9.10. The molecule has 1 aromatic rings. The van der Waals surface area contributed by atoms with Crippen LogP contribution < -0.4 is 10.6 Å². The predicted molar refractivity (Wildman–Crippen MR) is 94.1 cm³/mol. The minimum Gasteiger partial charge on any atom is -0.459 e. The number of carbonyl (C=O) groups is 2. The van der Waals surface area contributed by atoms with E-state index in [0.29, 0.717) is 17.2 Å². The van der Waals surface area contributed by atoms with Crippen molar-refractivity contribution in [3.05, 3.63) is 45.6 Å². The van der Waals surface area contributed by atoms with Gasteiger partial charge in [0.2, 0.25) is 0 Å². The van der Waals surface area contributed by atoms with Crippen LogP contribution in [-0.2, 0) is 9.53 Å². The van der Waals surface area contributed by atoms with Gasteiger partial charge in [0.05, 0.1) is 11.6 Å². The molecule has 1 aliphatic carbocycles. The summed E-state index contributed by atoms with van der Waals surface area (Å²) >= 11 is 3.40. The fourth-order valence-corrected chi connectivity index (χ4v) is 3.62. The smallest absolute Gasteiger partial charge is 0.338 e. The number of benzene rings is 1. The van der Waals surface area contributed by atoms with Gasteiger partial charge in [0.25, 0.3) is 0 Å². The second-order valence-electron chi connectivity index (χ2n) is 6.47. The molecule has 5 nitrogen and oxygen atoms in total. The van der Waals surface area contributed by atoms with E-state index in [0.717, 1.165) is 29.3 Å². The van der Waals surface area contributed by atoms with Gasteiger partial charge in [-0.15, -0.1) is 0 Å². The summed E-state index contributed by atoms with van der Waals surface area (Å²) in [6, 6.07) is 6.74. The highest BCUT2D eigenvalue weighted by Gasteiger charge is 2.35. The van der Waals surface area contributed by atoms with Gasteiger partial charge in [-0.1, -0.05) is 35.0 Å². The molecule has 1 aromatic carbocycles. The molecule has 0 aromatic heterocycles. The number of allylic oxidation sites excluding steroid dienone is 1. The van der Waals surface area contributed by atoms with Gasteiger partial charge in [0, 0.05) is 10.2 Å². The first-order valence-corrected chi connectivity index (χ1v) is 8.99. The van der Waals surface area contributed by atoms with Crippen LogP contribution in [0.2, 0.25) is 0 Å². The number of urea groups is 1. The largest absolute Gasteiger partial charge is 0.459 e. The molecule has 3 atom stereocenters. The fraction of sp³-hybridized carbons (Fsp3) is 0.444. The van der Waals surface area contributed by atoms with Gasteiger partial charge in [-0.2, -0.15) is 0 Å². The average molecular weight is 393 g/mol. The molecular formula is C18H21BrN2O3. The van der Waals surface area contributed by atoms with Crippen molar-refractivity contribution >= 4 is 27.9 Å². The minimum atomic E-state index is -0.504. The number of rotatable bonds is 3. The Morgan fingerprint density at radius 3 is 2.58 bits per heavy atom. The molecule has 1 aliphatic heterocycles. The van der Waals surface area contributed by atoms with E-state index in [1.807, 2.05) is 24.3 Å². The number of amides is 2. The van der Waals surface area contributed by atoms with Crippen molar-refractivity contribution in [2.45, 2.75) is 45.3 Å². The van der Waals surface area contributed by atoms with Gasteiger partial charge in [-0.3, -0.25) is 0 Å². The van der Waals surface area contributed by atoms with E-state index in [1.165, 1.54) is 0 Å². The Balaban J connectivity index is 1.88. The summed E-state index contributed by atoms with van der Waals surface area (Å²) in [7, 11) is 0. The summed E-state index contributed by atoms with van der Waals surface area (Å²) in [5.41, 5.74) is 1.86. The molecule has 24 heavy (non-hydrogen) atoms. The van der Waals surface area contributed by atoms with Crippen molar-refractivity contribution in [1.82, 2.24) is 10.6 Å². The van der Waals surface area contributed by atoms with Crippen molar-refractivity contribution in [1.29, 1.82) is 0 Å². The summed E-state index contributed by atoms with van der Waals surface area (Å²) < 4.78 is 6.69. The summed E-state index contributed by atoms with van der Waals surface area (Å²) in [5, 5.41) is 5.50.